The van der Waals surface area contributed by atoms with Gasteiger partial charge in [-0.1, -0.05) is 97.1 Å². The van der Waals surface area contributed by atoms with Gasteiger partial charge in [0, 0.05) is 22.1 Å². The van der Waals surface area contributed by atoms with E-state index in [1.807, 2.05) is 18.2 Å². The van der Waals surface area contributed by atoms with Gasteiger partial charge in [-0.3, -0.25) is 0 Å². The number of fused-ring (bicyclic) bond motifs is 3. The van der Waals surface area contributed by atoms with E-state index in [0.717, 1.165) is 44.0 Å². The molecule has 0 aliphatic carbocycles. The number of nitrogen functional groups attached to an aromatic ring is 2. The number of hydrogen-bond acceptors (Lipinski definition) is 2. The van der Waals surface area contributed by atoms with Gasteiger partial charge in [-0.2, -0.15) is 0 Å². The van der Waals surface area contributed by atoms with Crippen molar-refractivity contribution in [1.82, 2.24) is 0 Å². The molecule has 2 heteroatoms. The summed E-state index contributed by atoms with van der Waals surface area (Å²) in [6.45, 7) is 0. The van der Waals surface area contributed by atoms with Gasteiger partial charge in [0.1, 0.15) is 0 Å². The molecule has 6 aromatic carbocycles. The van der Waals surface area contributed by atoms with E-state index >= 15 is 0 Å². The summed E-state index contributed by atoms with van der Waals surface area (Å²) in [7, 11) is 0. The third kappa shape index (κ3) is 2.74. The van der Waals surface area contributed by atoms with E-state index in [1.165, 1.54) is 21.9 Å². The molecule has 6 rings (SSSR count). The Labute approximate surface area is 186 Å². The van der Waals surface area contributed by atoms with Crippen LogP contribution in [-0.2, 0) is 0 Å². The lowest BCUT2D eigenvalue weighted by Crippen LogP contribution is -1.96. The molecule has 0 aliphatic rings. The summed E-state index contributed by atoms with van der Waals surface area (Å²) in [6.07, 6.45) is 0. The first kappa shape index (κ1) is 18.5. The van der Waals surface area contributed by atoms with Crippen LogP contribution in [0.5, 0.6) is 0 Å². The Kier molecular flexibility index (Phi) is 4.12. The molecule has 0 spiro atoms. The molecule has 0 unspecified atom stereocenters. The monoisotopic (exact) mass is 410 g/mol. The molecule has 4 N–H and O–H groups in total. The highest BCUT2D eigenvalue weighted by molar-refractivity contribution is 6.16. The lowest BCUT2D eigenvalue weighted by Gasteiger charge is -2.19. The van der Waals surface area contributed by atoms with E-state index in [4.69, 9.17) is 11.5 Å². The third-order valence-corrected chi connectivity index (χ3v) is 6.38. The Balaban J connectivity index is 1.82. The second-order valence-corrected chi connectivity index (χ2v) is 8.21. The maximum absolute atomic E-state index is 6.60. The Morgan fingerprint density at radius 1 is 0.375 bits per heavy atom. The van der Waals surface area contributed by atoms with Crippen molar-refractivity contribution in [3.8, 4) is 22.3 Å². The summed E-state index contributed by atoms with van der Waals surface area (Å²) >= 11 is 0. The number of anilines is 2. The fourth-order valence-electron chi connectivity index (χ4n) is 4.91. The van der Waals surface area contributed by atoms with Crippen LogP contribution in [0.2, 0.25) is 0 Å². The van der Waals surface area contributed by atoms with Crippen molar-refractivity contribution < 1.29 is 0 Å². The summed E-state index contributed by atoms with van der Waals surface area (Å²) in [5.74, 6) is 0. The molecular weight excluding hydrogens is 388 g/mol. The maximum Gasteiger partial charge on any atom is 0.0400 e. The standard InChI is InChI=1S/C30H22N2/c31-28-17-16-26(22-11-3-4-12-23(22)28)30-25-14-6-5-13-24(25)29(32)18-27(30)21-15-7-9-19-8-1-2-10-20(19)21/h1-18H,31-32H2. The second kappa shape index (κ2) is 7.14. The molecule has 0 saturated heterocycles. The third-order valence-electron chi connectivity index (χ3n) is 6.38. The zero-order valence-electron chi connectivity index (χ0n) is 17.5. The minimum absolute atomic E-state index is 0.784. The predicted molar refractivity (Wildman–Crippen MR) is 139 cm³/mol. The average Bonchev–Trinajstić information content (AvgIpc) is 2.85. The maximum atomic E-state index is 6.60. The highest BCUT2D eigenvalue weighted by Crippen LogP contribution is 2.45. The highest BCUT2D eigenvalue weighted by atomic mass is 14.6. The average molecular weight is 411 g/mol. The molecule has 32 heavy (non-hydrogen) atoms. The minimum atomic E-state index is 0.784. The first-order valence-electron chi connectivity index (χ1n) is 10.8. The molecule has 0 bridgehead atoms. The van der Waals surface area contributed by atoms with Gasteiger partial charge in [0.05, 0.1) is 0 Å². The van der Waals surface area contributed by atoms with Crippen molar-refractivity contribution in [3.05, 3.63) is 109 Å². The zero-order chi connectivity index (χ0) is 21.7. The van der Waals surface area contributed by atoms with Crippen LogP contribution in [0.15, 0.2) is 109 Å². The SMILES string of the molecule is Nc1ccc(-c2c(-c3cccc4ccccc34)cc(N)c3ccccc23)c2ccccc12. The van der Waals surface area contributed by atoms with E-state index in [1.54, 1.807) is 0 Å². The summed E-state index contributed by atoms with van der Waals surface area (Å²) in [4.78, 5) is 0. The van der Waals surface area contributed by atoms with E-state index < -0.39 is 0 Å². The van der Waals surface area contributed by atoms with Gasteiger partial charge in [-0.05, 0) is 55.9 Å². The van der Waals surface area contributed by atoms with Crippen LogP contribution in [0.4, 0.5) is 11.4 Å². The molecule has 0 aromatic heterocycles. The van der Waals surface area contributed by atoms with Crippen molar-refractivity contribution in [1.29, 1.82) is 0 Å². The lowest BCUT2D eigenvalue weighted by atomic mass is 9.85. The van der Waals surface area contributed by atoms with Crippen LogP contribution in [0.3, 0.4) is 0 Å². The lowest BCUT2D eigenvalue weighted by molar-refractivity contribution is 1.64. The molecule has 0 amide bonds. The van der Waals surface area contributed by atoms with Gasteiger partial charge in [0.2, 0.25) is 0 Å². The predicted octanol–water partition coefficient (Wildman–Crippen LogP) is 7.64. The van der Waals surface area contributed by atoms with Gasteiger partial charge < -0.3 is 11.5 Å². The van der Waals surface area contributed by atoms with Crippen LogP contribution >= 0.6 is 0 Å². The van der Waals surface area contributed by atoms with E-state index in [0.29, 0.717) is 0 Å². The fourth-order valence-corrected chi connectivity index (χ4v) is 4.91. The summed E-state index contributed by atoms with van der Waals surface area (Å²) in [6, 6.07) is 38.0. The van der Waals surface area contributed by atoms with Crippen molar-refractivity contribution in [2.24, 2.45) is 0 Å². The van der Waals surface area contributed by atoms with E-state index in [-0.39, 0.29) is 0 Å². The molecule has 0 aliphatic heterocycles. The number of hydrogen-bond donors (Lipinski definition) is 2. The van der Waals surface area contributed by atoms with Gasteiger partial charge in [0.25, 0.3) is 0 Å². The number of rotatable bonds is 2. The van der Waals surface area contributed by atoms with Crippen LogP contribution in [0.25, 0.3) is 54.6 Å². The Hall–Kier alpha value is -4.30. The zero-order valence-corrected chi connectivity index (χ0v) is 17.5. The molecule has 0 heterocycles. The molecule has 2 nitrogen and oxygen atoms in total. The summed E-state index contributed by atoms with van der Waals surface area (Å²) in [5.41, 5.74) is 19.2. The fraction of sp³-hybridized carbons (Fsp3) is 0. The number of nitrogens with two attached hydrogens (primary N) is 2. The van der Waals surface area contributed by atoms with Crippen molar-refractivity contribution in [2.45, 2.75) is 0 Å². The molecular formula is C30H22N2. The van der Waals surface area contributed by atoms with Crippen LogP contribution < -0.4 is 11.5 Å². The molecule has 6 aromatic rings. The van der Waals surface area contributed by atoms with Crippen LogP contribution in [-0.4, -0.2) is 0 Å². The van der Waals surface area contributed by atoms with Gasteiger partial charge in [-0.25, -0.2) is 0 Å². The smallest absolute Gasteiger partial charge is 0.0400 e. The molecule has 0 radical (unpaired) electrons. The van der Waals surface area contributed by atoms with Crippen molar-refractivity contribution >= 4 is 43.7 Å². The van der Waals surface area contributed by atoms with Gasteiger partial charge in [0.15, 0.2) is 0 Å². The second-order valence-electron chi connectivity index (χ2n) is 8.21. The molecule has 152 valence electrons. The largest absolute Gasteiger partial charge is 0.398 e. The molecule has 0 saturated carbocycles. The molecule has 0 atom stereocenters. The Bertz CT molecular complexity index is 1640. The van der Waals surface area contributed by atoms with Crippen molar-refractivity contribution in [3.63, 3.8) is 0 Å². The van der Waals surface area contributed by atoms with E-state index in [2.05, 4.69) is 91.0 Å². The number of benzene rings is 6. The minimum Gasteiger partial charge on any atom is -0.398 e. The van der Waals surface area contributed by atoms with Crippen molar-refractivity contribution in [2.75, 3.05) is 11.5 Å². The summed E-state index contributed by atoms with van der Waals surface area (Å²) < 4.78 is 0. The topological polar surface area (TPSA) is 52.0 Å². The van der Waals surface area contributed by atoms with E-state index in [9.17, 15) is 0 Å². The van der Waals surface area contributed by atoms with Gasteiger partial charge >= 0.3 is 0 Å². The van der Waals surface area contributed by atoms with Gasteiger partial charge in [-0.15, -0.1) is 0 Å². The Morgan fingerprint density at radius 3 is 1.75 bits per heavy atom. The first-order valence-corrected chi connectivity index (χ1v) is 10.8. The quantitative estimate of drug-likeness (QED) is 0.288. The first-order chi connectivity index (χ1) is 15.7. The van der Waals surface area contributed by atoms with Crippen LogP contribution in [0.1, 0.15) is 0 Å². The summed E-state index contributed by atoms with van der Waals surface area (Å²) in [5, 5.41) is 6.84. The molecule has 0 fully saturated rings. The Morgan fingerprint density at radius 2 is 0.969 bits per heavy atom. The highest BCUT2D eigenvalue weighted by Gasteiger charge is 2.18. The van der Waals surface area contributed by atoms with Crippen LogP contribution in [0, 0.1) is 0 Å². The normalized spacial score (nSPS) is 11.4.